The van der Waals surface area contributed by atoms with Crippen molar-refractivity contribution < 1.29 is 19.4 Å². The third kappa shape index (κ3) is 2.99. The van der Waals surface area contributed by atoms with Gasteiger partial charge in [-0.2, -0.15) is 0 Å². The fourth-order valence-electron chi connectivity index (χ4n) is 2.81. The van der Waals surface area contributed by atoms with Gasteiger partial charge in [-0.25, -0.2) is 9.69 Å². The summed E-state index contributed by atoms with van der Waals surface area (Å²) in [5, 5.41) is 11.1. The molecule has 3 rings (SSSR count). The SMILES string of the molecule is CC(C)(C)OC(=O)N1C(=O)C=C(O)[C@H]1Cc1c[nH]c2ccccc12. The fraction of sp³-hybridized carbons (Fsp3) is 0.333. The molecule has 1 aromatic heterocycles. The van der Waals surface area contributed by atoms with Crippen LogP contribution < -0.4 is 0 Å². The lowest BCUT2D eigenvalue weighted by Gasteiger charge is -2.27. The van der Waals surface area contributed by atoms with Crippen molar-refractivity contribution in [3.63, 3.8) is 0 Å². The van der Waals surface area contributed by atoms with Crippen molar-refractivity contribution in [2.75, 3.05) is 0 Å². The number of rotatable bonds is 2. The quantitative estimate of drug-likeness (QED) is 0.886. The van der Waals surface area contributed by atoms with E-state index in [1.807, 2.05) is 30.5 Å². The lowest BCUT2D eigenvalue weighted by atomic mass is 10.0. The molecule has 0 spiro atoms. The highest BCUT2D eigenvalue weighted by molar-refractivity contribution is 6.02. The third-order valence-electron chi connectivity index (χ3n) is 3.84. The van der Waals surface area contributed by atoms with Crippen LogP contribution in [0.1, 0.15) is 26.3 Å². The number of nitrogens with one attached hydrogen (secondary N) is 1. The molecule has 0 aliphatic carbocycles. The van der Waals surface area contributed by atoms with Gasteiger partial charge in [0.1, 0.15) is 17.4 Å². The number of hydrogen-bond acceptors (Lipinski definition) is 4. The van der Waals surface area contributed by atoms with E-state index in [4.69, 9.17) is 4.74 Å². The summed E-state index contributed by atoms with van der Waals surface area (Å²) in [6, 6.07) is 6.98. The van der Waals surface area contributed by atoms with Gasteiger partial charge in [0.15, 0.2) is 0 Å². The number of aliphatic hydroxyl groups is 1. The minimum absolute atomic E-state index is 0.129. The van der Waals surface area contributed by atoms with Gasteiger partial charge in [0.05, 0.1) is 0 Å². The number of carbonyl (C=O) groups excluding carboxylic acids is 2. The van der Waals surface area contributed by atoms with Gasteiger partial charge in [0, 0.05) is 29.6 Å². The number of fused-ring (bicyclic) bond motifs is 1. The molecule has 1 aliphatic heterocycles. The van der Waals surface area contributed by atoms with Crippen LogP contribution in [0.15, 0.2) is 42.3 Å². The second kappa shape index (κ2) is 5.70. The van der Waals surface area contributed by atoms with E-state index < -0.39 is 23.6 Å². The zero-order valence-corrected chi connectivity index (χ0v) is 13.9. The van der Waals surface area contributed by atoms with Crippen LogP contribution in [0, 0.1) is 0 Å². The third-order valence-corrected chi connectivity index (χ3v) is 3.84. The Balaban J connectivity index is 1.88. The molecule has 6 nitrogen and oxygen atoms in total. The van der Waals surface area contributed by atoms with Gasteiger partial charge in [0.25, 0.3) is 5.91 Å². The van der Waals surface area contributed by atoms with Crippen LogP contribution in [0.25, 0.3) is 10.9 Å². The van der Waals surface area contributed by atoms with Crippen LogP contribution in [0.2, 0.25) is 0 Å². The average Bonchev–Trinajstić information content (AvgIpc) is 2.99. The molecule has 0 bridgehead atoms. The van der Waals surface area contributed by atoms with Gasteiger partial charge in [-0.1, -0.05) is 18.2 Å². The van der Waals surface area contributed by atoms with Crippen molar-refractivity contribution in [2.24, 2.45) is 0 Å². The van der Waals surface area contributed by atoms with Gasteiger partial charge in [0.2, 0.25) is 0 Å². The normalized spacial score (nSPS) is 18.1. The summed E-state index contributed by atoms with van der Waals surface area (Å²) in [5.41, 5.74) is 1.16. The van der Waals surface area contributed by atoms with Crippen molar-refractivity contribution in [3.05, 3.63) is 47.9 Å². The molecule has 6 heteroatoms. The summed E-state index contributed by atoms with van der Waals surface area (Å²) in [4.78, 5) is 28.6. The van der Waals surface area contributed by atoms with Crippen molar-refractivity contribution in [1.29, 1.82) is 0 Å². The molecular weight excluding hydrogens is 308 g/mol. The maximum atomic E-state index is 12.4. The monoisotopic (exact) mass is 328 g/mol. The number of H-pyrrole nitrogens is 1. The Labute approximate surface area is 139 Å². The average molecular weight is 328 g/mol. The Morgan fingerprint density at radius 1 is 1.33 bits per heavy atom. The van der Waals surface area contributed by atoms with Gasteiger partial charge in [-0.05, 0) is 32.4 Å². The molecule has 24 heavy (non-hydrogen) atoms. The standard InChI is InChI=1S/C18H20N2O4/c1-18(2,3)24-17(23)20-14(15(21)9-16(20)22)8-11-10-19-13-7-5-4-6-12(11)13/h4-7,9-10,14,19,21H,8H2,1-3H3/t14-/m1/s1. The van der Waals surface area contributed by atoms with E-state index in [0.717, 1.165) is 27.4 Å². The number of carbonyl (C=O) groups is 2. The summed E-state index contributed by atoms with van der Waals surface area (Å²) in [7, 11) is 0. The number of amides is 2. The predicted octanol–water partition coefficient (Wildman–Crippen LogP) is 3.30. The lowest BCUT2D eigenvalue weighted by Crippen LogP contribution is -2.44. The number of hydrogen-bond donors (Lipinski definition) is 2. The lowest BCUT2D eigenvalue weighted by molar-refractivity contribution is -0.125. The molecule has 0 saturated heterocycles. The number of imide groups is 1. The predicted molar refractivity (Wildman–Crippen MR) is 89.6 cm³/mol. The Bertz CT molecular complexity index is 829. The number of para-hydroxylation sites is 1. The smallest absolute Gasteiger partial charge is 0.418 e. The fourth-order valence-corrected chi connectivity index (χ4v) is 2.81. The molecule has 126 valence electrons. The number of aromatic amines is 1. The summed E-state index contributed by atoms with van der Waals surface area (Å²) >= 11 is 0. The number of aliphatic hydroxyl groups excluding tert-OH is 1. The minimum Gasteiger partial charge on any atom is -0.510 e. The molecule has 2 amide bonds. The van der Waals surface area contributed by atoms with Crippen molar-refractivity contribution >= 4 is 22.9 Å². The summed E-state index contributed by atoms with van der Waals surface area (Å²) < 4.78 is 5.29. The first kappa shape index (κ1) is 16.1. The first-order chi connectivity index (χ1) is 11.3. The number of benzene rings is 1. The van der Waals surface area contributed by atoms with Gasteiger partial charge in [-0.3, -0.25) is 4.79 Å². The Kier molecular flexibility index (Phi) is 3.83. The number of ether oxygens (including phenoxy) is 1. The Hall–Kier alpha value is -2.76. The molecule has 1 atom stereocenters. The van der Waals surface area contributed by atoms with Gasteiger partial charge in [-0.15, -0.1) is 0 Å². The van der Waals surface area contributed by atoms with Crippen LogP contribution in [-0.2, 0) is 16.0 Å². The van der Waals surface area contributed by atoms with E-state index in [2.05, 4.69) is 4.98 Å². The Morgan fingerprint density at radius 3 is 2.75 bits per heavy atom. The summed E-state index contributed by atoms with van der Waals surface area (Å²) in [6.07, 6.45) is 2.46. The zero-order valence-electron chi connectivity index (χ0n) is 13.9. The van der Waals surface area contributed by atoms with E-state index in [1.54, 1.807) is 20.8 Å². The molecule has 1 aromatic carbocycles. The molecular formula is C18H20N2O4. The molecule has 1 aliphatic rings. The first-order valence-electron chi connectivity index (χ1n) is 7.78. The maximum absolute atomic E-state index is 12.4. The van der Waals surface area contributed by atoms with E-state index in [9.17, 15) is 14.7 Å². The largest absolute Gasteiger partial charge is 0.510 e. The molecule has 0 fully saturated rings. The maximum Gasteiger partial charge on any atom is 0.418 e. The molecule has 2 aromatic rings. The van der Waals surface area contributed by atoms with E-state index in [0.29, 0.717) is 6.42 Å². The highest BCUT2D eigenvalue weighted by Crippen LogP contribution is 2.27. The molecule has 0 saturated carbocycles. The van der Waals surface area contributed by atoms with Gasteiger partial charge < -0.3 is 14.8 Å². The Morgan fingerprint density at radius 2 is 2.04 bits per heavy atom. The van der Waals surface area contributed by atoms with Crippen LogP contribution >= 0.6 is 0 Å². The molecule has 0 radical (unpaired) electrons. The minimum atomic E-state index is -0.758. The van der Waals surface area contributed by atoms with Crippen LogP contribution in [0.5, 0.6) is 0 Å². The first-order valence-corrected chi connectivity index (χ1v) is 7.78. The number of nitrogens with zero attached hydrogens (tertiary/aromatic N) is 1. The highest BCUT2D eigenvalue weighted by Gasteiger charge is 2.40. The van der Waals surface area contributed by atoms with E-state index in [-0.39, 0.29) is 5.76 Å². The molecule has 2 heterocycles. The van der Waals surface area contributed by atoms with Gasteiger partial charge >= 0.3 is 6.09 Å². The second-order valence-electron chi connectivity index (χ2n) is 6.84. The summed E-state index contributed by atoms with van der Waals surface area (Å²) in [6.45, 7) is 5.19. The summed E-state index contributed by atoms with van der Waals surface area (Å²) in [5.74, 6) is -0.692. The molecule has 0 unspecified atom stereocenters. The van der Waals surface area contributed by atoms with Crippen LogP contribution in [0.3, 0.4) is 0 Å². The topological polar surface area (TPSA) is 82.6 Å². The second-order valence-corrected chi connectivity index (χ2v) is 6.84. The van der Waals surface area contributed by atoms with Crippen molar-refractivity contribution in [1.82, 2.24) is 9.88 Å². The van der Waals surface area contributed by atoms with E-state index in [1.165, 1.54) is 0 Å². The zero-order chi connectivity index (χ0) is 17.5. The van der Waals surface area contributed by atoms with Crippen molar-refractivity contribution in [2.45, 2.75) is 38.8 Å². The van der Waals surface area contributed by atoms with Crippen LogP contribution in [-0.4, -0.2) is 38.6 Å². The number of aromatic nitrogens is 1. The highest BCUT2D eigenvalue weighted by atomic mass is 16.6. The van der Waals surface area contributed by atoms with Crippen LogP contribution in [0.4, 0.5) is 4.79 Å². The van der Waals surface area contributed by atoms with E-state index >= 15 is 0 Å². The molecule has 2 N–H and O–H groups in total. The van der Waals surface area contributed by atoms with Crippen molar-refractivity contribution in [3.8, 4) is 0 Å².